The van der Waals surface area contributed by atoms with Gasteiger partial charge in [0.1, 0.15) is 0 Å². The van der Waals surface area contributed by atoms with Crippen LogP contribution in [0.5, 0.6) is 0 Å². The minimum Gasteiger partial charge on any atom is -0.359 e. The first-order valence-corrected chi connectivity index (χ1v) is 10.9. The zero-order chi connectivity index (χ0) is 22.0. The number of benzene rings is 2. The molecule has 2 aliphatic heterocycles. The maximum atomic E-state index is 13.4. The van der Waals surface area contributed by atoms with Crippen molar-refractivity contribution in [2.24, 2.45) is 0 Å². The second-order valence-corrected chi connectivity index (χ2v) is 8.41. The Labute approximate surface area is 183 Å². The zero-order valence-electron chi connectivity index (χ0n) is 18.1. The van der Waals surface area contributed by atoms with Crippen LogP contribution >= 0.6 is 0 Å². The van der Waals surface area contributed by atoms with Gasteiger partial charge in [0.25, 0.3) is 11.6 Å². The molecule has 164 valence electrons. The molecule has 2 aromatic carbocycles. The molecule has 3 amide bonds. The van der Waals surface area contributed by atoms with Gasteiger partial charge in [-0.3, -0.25) is 9.69 Å². The van der Waals surface area contributed by atoms with Gasteiger partial charge in [-0.15, -0.1) is 0 Å². The molecule has 7 heteroatoms. The van der Waals surface area contributed by atoms with E-state index in [1.807, 2.05) is 26.0 Å². The predicted molar refractivity (Wildman–Crippen MR) is 121 cm³/mol. The first-order valence-electron chi connectivity index (χ1n) is 10.9. The van der Waals surface area contributed by atoms with Crippen LogP contribution in [0, 0.1) is 13.8 Å². The third-order valence-corrected chi connectivity index (χ3v) is 6.27. The van der Waals surface area contributed by atoms with Crippen molar-refractivity contribution in [2.45, 2.75) is 38.8 Å². The predicted octanol–water partition coefficient (Wildman–Crippen LogP) is 3.10. The highest BCUT2D eigenvalue weighted by molar-refractivity contribution is 6.11. The van der Waals surface area contributed by atoms with E-state index < -0.39 is 17.7 Å². The molecule has 0 radical (unpaired) electrons. The maximum Gasteiger partial charge on any atom is 0.329 e. The van der Waals surface area contributed by atoms with Gasteiger partial charge in [0.05, 0.1) is 5.69 Å². The average Bonchev–Trinajstić information content (AvgIpc) is 3.27. The van der Waals surface area contributed by atoms with Crippen LogP contribution < -0.4 is 15.5 Å². The first kappa shape index (κ1) is 21.3. The third-order valence-electron chi connectivity index (χ3n) is 6.27. The molecule has 7 nitrogen and oxygen atoms in total. The fourth-order valence-corrected chi connectivity index (χ4v) is 4.36. The lowest BCUT2D eigenvalue weighted by Crippen LogP contribution is -2.62. The number of nitrogens with zero attached hydrogens (tertiary/aromatic N) is 2. The van der Waals surface area contributed by atoms with Crippen molar-refractivity contribution >= 4 is 23.3 Å². The number of para-hydroxylation sites is 1. The average molecular weight is 423 g/mol. The molecule has 0 aromatic heterocycles. The molecule has 0 aliphatic carbocycles. The third kappa shape index (κ3) is 4.03. The maximum absolute atomic E-state index is 13.4. The molecular formula is C24H30N4O3. The van der Waals surface area contributed by atoms with Crippen LogP contribution in [0.3, 0.4) is 0 Å². The quantitative estimate of drug-likeness (QED) is 0.625. The molecule has 4 rings (SSSR count). The molecule has 1 unspecified atom stereocenters. The molecule has 2 aromatic rings. The van der Waals surface area contributed by atoms with Crippen LogP contribution in [0.4, 0.5) is 16.2 Å². The fourth-order valence-electron chi connectivity index (χ4n) is 4.36. The Morgan fingerprint density at radius 2 is 1.87 bits per heavy atom. The van der Waals surface area contributed by atoms with Crippen molar-refractivity contribution in [1.29, 1.82) is 0 Å². The number of hydrogen-bond acceptors (Lipinski definition) is 4. The van der Waals surface area contributed by atoms with Gasteiger partial charge in [-0.1, -0.05) is 24.3 Å². The van der Waals surface area contributed by atoms with Gasteiger partial charge in [-0.2, -0.15) is 0 Å². The Balaban J connectivity index is 1.62. The second kappa shape index (κ2) is 8.69. The van der Waals surface area contributed by atoms with Crippen LogP contribution in [0.2, 0.25) is 0 Å². The molecule has 0 saturated carbocycles. The van der Waals surface area contributed by atoms with Crippen molar-refractivity contribution in [3.8, 4) is 0 Å². The van der Waals surface area contributed by atoms with E-state index in [4.69, 9.17) is 0 Å². The number of nitrogens with one attached hydrogen (secondary N) is 2. The first-order chi connectivity index (χ1) is 14.9. The molecule has 3 N–H and O–H groups in total. The van der Waals surface area contributed by atoms with Crippen LogP contribution in [0.25, 0.3) is 0 Å². The summed E-state index contributed by atoms with van der Waals surface area (Å²) >= 11 is 0. The van der Waals surface area contributed by atoms with E-state index in [1.54, 1.807) is 30.3 Å². The standard InChI is InChI=1S/C24H30N4O3/c1-17-10-11-19(16-18(17)2)28-23(30)26-21-9-4-3-8-20(21)24(28,31)22(29)25-12-7-15-27-13-5-6-14-27/h3-4,8-11,16,31H,5-7,12-15H2,1-2H3,(H,25,29)(H,26,30). The summed E-state index contributed by atoms with van der Waals surface area (Å²) in [7, 11) is 0. The fraction of sp³-hybridized carbons (Fsp3) is 0.417. The number of rotatable bonds is 6. The molecule has 1 fully saturated rings. The number of fused-ring (bicyclic) bond motifs is 1. The van der Waals surface area contributed by atoms with Gasteiger partial charge in [-0.25, -0.2) is 4.79 Å². The molecule has 1 saturated heterocycles. The summed E-state index contributed by atoms with van der Waals surface area (Å²) in [6, 6.07) is 11.8. The largest absolute Gasteiger partial charge is 0.359 e. The Hall–Kier alpha value is -2.90. The van der Waals surface area contributed by atoms with Crippen LogP contribution in [0.15, 0.2) is 42.5 Å². The molecule has 2 aliphatic rings. The van der Waals surface area contributed by atoms with E-state index in [0.717, 1.165) is 42.1 Å². The second-order valence-electron chi connectivity index (χ2n) is 8.41. The Morgan fingerprint density at radius 1 is 1.13 bits per heavy atom. The molecule has 31 heavy (non-hydrogen) atoms. The van der Waals surface area contributed by atoms with Crippen LogP contribution in [0.1, 0.15) is 36.0 Å². The van der Waals surface area contributed by atoms with E-state index in [-0.39, 0.29) is 0 Å². The van der Waals surface area contributed by atoms with Crippen LogP contribution in [-0.4, -0.2) is 48.1 Å². The molecule has 2 heterocycles. The number of anilines is 2. The van der Waals surface area contributed by atoms with E-state index in [1.165, 1.54) is 12.8 Å². The highest BCUT2D eigenvalue weighted by Crippen LogP contribution is 2.40. The SMILES string of the molecule is Cc1ccc(N2C(=O)Nc3ccccc3C2(O)C(=O)NCCCN2CCCC2)cc1C. The summed E-state index contributed by atoms with van der Waals surface area (Å²) in [6.45, 7) is 7.47. The van der Waals surface area contributed by atoms with Gasteiger partial charge in [0.2, 0.25) is 0 Å². The summed E-state index contributed by atoms with van der Waals surface area (Å²) in [5.74, 6) is -0.602. The Morgan fingerprint density at radius 3 is 2.61 bits per heavy atom. The van der Waals surface area contributed by atoms with E-state index in [2.05, 4.69) is 15.5 Å². The van der Waals surface area contributed by atoms with E-state index >= 15 is 0 Å². The van der Waals surface area contributed by atoms with Gasteiger partial charge in [0.15, 0.2) is 0 Å². The number of carbonyl (C=O) groups excluding carboxylic acids is 2. The van der Waals surface area contributed by atoms with Gasteiger partial charge >= 0.3 is 6.03 Å². The lowest BCUT2D eigenvalue weighted by Gasteiger charge is -2.42. The van der Waals surface area contributed by atoms with E-state index in [0.29, 0.717) is 23.5 Å². The number of hydrogen-bond donors (Lipinski definition) is 3. The highest BCUT2D eigenvalue weighted by atomic mass is 16.3. The minimum atomic E-state index is -2.14. The lowest BCUT2D eigenvalue weighted by atomic mass is 9.94. The zero-order valence-corrected chi connectivity index (χ0v) is 18.1. The summed E-state index contributed by atoms with van der Waals surface area (Å²) in [5.41, 5.74) is 1.14. The summed E-state index contributed by atoms with van der Waals surface area (Å²) in [5, 5.41) is 17.5. The Kier molecular flexibility index (Phi) is 5.98. The number of urea groups is 1. The topological polar surface area (TPSA) is 84.9 Å². The summed E-state index contributed by atoms with van der Waals surface area (Å²) in [4.78, 5) is 29.9. The van der Waals surface area contributed by atoms with Crippen molar-refractivity contribution in [2.75, 3.05) is 36.4 Å². The van der Waals surface area contributed by atoms with Gasteiger partial charge < -0.3 is 20.6 Å². The van der Waals surface area contributed by atoms with Crippen molar-refractivity contribution in [3.05, 3.63) is 59.2 Å². The lowest BCUT2D eigenvalue weighted by molar-refractivity contribution is -0.140. The summed E-state index contributed by atoms with van der Waals surface area (Å²) in [6.07, 6.45) is 3.24. The van der Waals surface area contributed by atoms with Gasteiger partial charge in [-0.05, 0) is 82.1 Å². The molecule has 0 bridgehead atoms. The van der Waals surface area contributed by atoms with Crippen molar-refractivity contribution < 1.29 is 14.7 Å². The number of aliphatic hydroxyl groups is 1. The normalized spacial score (nSPS) is 21.0. The number of aryl methyl sites for hydroxylation is 2. The smallest absolute Gasteiger partial charge is 0.329 e. The van der Waals surface area contributed by atoms with Crippen molar-refractivity contribution in [3.63, 3.8) is 0 Å². The monoisotopic (exact) mass is 422 g/mol. The number of carbonyl (C=O) groups is 2. The van der Waals surface area contributed by atoms with Crippen molar-refractivity contribution in [1.82, 2.24) is 10.2 Å². The Bertz CT molecular complexity index is 987. The number of likely N-dealkylation sites (tertiary alicyclic amines) is 1. The van der Waals surface area contributed by atoms with E-state index in [9.17, 15) is 14.7 Å². The molecular weight excluding hydrogens is 392 g/mol. The van der Waals surface area contributed by atoms with Gasteiger partial charge in [0, 0.05) is 17.8 Å². The van der Waals surface area contributed by atoms with Crippen LogP contribution in [-0.2, 0) is 10.5 Å². The molecule has 0 spiro atoms. The highest BCUT2D eigenvalue weighted by Gasteiger charge is 2.51. The minimum absolute atomic E-state index is 0.352. The number of amides is 3. The summed E-state index contributed by atoms with van der Waals surface area (Å²) < 4.78 is 0. The molecule has 1 atom stereocenters.